The van der Waals surface area contributed by atoms with E-state index in [1.54, 1.807) is 0 Å². The zero-order valence-electron chi connectivity index (χ0n) is 17.4. The minimum absolute atomic E-state index is 0. The lowest BCUT2D eigenvalue weighted by atomic mass is 10.0. The lowest BCUT2D eigenvalue weighted by molar-refractivity contribution is 0.0420. The Morgan fingerprint density at radius 2 is 2.00 bits per heavy atom. The summed E-state index contributed by atoms with van der Waals surface area (Å²) in [5.41, 5.74) is 0. The van der Waals surface area contributed by atoms with Crippen molar-refractivity contribution in [3.8, 4) is 0 Å². The number of nitrogens with one attached hydrogen (secondary N) is 2. The van der Waals surface area contributed by atoms with E-state index in [1.165, 1.54) is 6.42 Å². The van der Waals surface area contributed by atoms with Crippen LogP contribution >= 0.6 is 24.0 Å². The minimum Gasteiger partial charge on any atom is -0.379 e. The molecule has 1 fully saturated rings. The number of hydrogen-bond donors (Lipinski definition) is 2. The van der Waals surface area contributed by atoms with Crippen LogP contribution in [-0.4, -0.2) is 76.1 Å². The van der Waals surface area contributed by atoms with E-state index in [9.17, 15) is 0 Å². The molecule has 7 heteroatoms. The van der Waals surface area contributed by atoms with E-state index >= 15 is 0 Å². The summed E-state index contributed by atoms with van der Waals surface area (Å²) in [5, 5.41) is 6.88. The van der Waals surface area contributed by atoms with Crippen LogP contribution in [0.1, 0.15) is 47.0 Å². The van der Waals surface area contributed by atoms with Gasteiger partial charge in [0.25, 0.3) is 0 Å². The van der Waals surface area contributed by atoms with E-state index in [0.717, 1.165) is 64.8 Å². The van der Waals surface area contributed by atoms with Gasteiger partial charge in [-0.3, -0.25) is 9.89 Å². The van der Waals surface area contributed by atoms with Gasteiger partial charge >= 0.3 is 0 Å². The van der Waals surface area contributed by atoms with E-state index in [4.69, 9.17) is 9.47 Å². The van der Waals surface area contributed by atoms with E-state index in [-0.39, 0.29) is 24.0 Å². The van der Waals surface area contributed by atoms with Crippen LogP contribution in [0.5, 0.6) is 0 Å². The molecule has 1 aliphatic rings. The molecule has 6 nitrogen and oxygen atoms in total. The second-order valence-corrected chi connectivity index (χ2v) is 7.09. The summed E-state index contributed by atoms with van der Waals surface area (Å²) >= 11 is 0. The molecule has 0 saturated carbocycles. The first-order valence-corrected chi connectivity index (χ1v) is 9.98. The van der Waals surface area contributed by atoms with Crippen LogP contribution in [0, 0.1) is 5.92 Å². The van der Waals surface area contributed by atoms with Crippen molar-refractivity contribution in [2.45, 2.75) is 59.1 Å². The van der Waals surface area contributed by atoms with Gasteiger partial charge in [-0.15, -0.1) is 24.0 Å². The highest BCUT2D eigenvalue weighted by atomic mass is 127. The average Bonchev–Trinajstić information content (AvgIpc) is 3.11. The monoisotopic (exact) mass is 484 g/mol. The molecule has 0 aromatic rings. The molecule has 156 valence electrons. The van der Waals surface area contributed by atoms with E-state index in [1.807, 2.05) is 7.05 Å². The third-order valence-electron chi connectivity index (χ3n) is 4.66. The highest BCUT2D eigenvalue weighted by Crippen LogP contribution is 2.11. The Hall–Kier alpha value is -0.120. The predicted molar refractivity (Wildman–Crippen MR) is 121 cm³/mol. The predicted octanol–water partition coefficient (Wildman–Crippen LogP) is 2.72. The fourth-order valence-electron chi connectivity index (χ4n) is 3.25. The Morgan fingerprint density at radius 1 is 1.27 bits per heavy atom. The van der Waals surface area contributed by atoms with Gasteiger partial charge in [-0.05, 0) is 38.3 Å². The van der Waals surface area contributed by atoms with Crippen molar-refractivity contribution < 1.29 is 9.47 Å². The summed E-state index contributed by atoms with van der Waals surface area (Å²) in [6.45, 7) is 15.4. The molecule has 1 rings (SSSR count). The van der Waals surface area contributed by atoms with Gasteiger partial charge in [0, 0.05) is 39.4 Å². The maximum Gasteiger partial charge on any atom is 0.191 e. The number of ether oxygens (including phenoxy) is 2. The van der Waals surface area contributed by atoms with Crippen LogP contribution in [0.15, 0.2) is 4.99 Å². The number of nitrogens with zero attached hydrogens (tertiary/aromatic N) is 2. The van der Waals surface area contributed by atoms with Crippen molar-refractivity contribution >= 4 is 29.9 Å². The minimum atomic E-state index is 0. The van der Waals surface area contributed by atoms with Gasteiger partial charge < -0.3 is 20.1 Å². The summed E-state index contributed by atoms with van der Waals surface area (Å²) in [6, 6.07) is 0.541. The molecule has 0 aromatic carbocycles. The van der Waals surface area contributed by atoms with Gasteiger partial charge in [0.05, 0.1) is 12.7 Å². The van der Waals surface area contributed by atoms with Crippen LogP contribution in [-0.2, 0) is 9.47 Å². The molecular formula is C19H41IN4O2. The lowest BCUT2D eigenvalue weighted by Crippen LogP contribution is -2.47. The smallest absolute Gasteiger partial charge is 0.191 e. The number of guanidine groups is 1. The van der Waals surface area contributed by atoms with Gasteiger partial charge in [-0.1, -0.05) is 27.7 Å². The van der Waals surface area contributed by atoms with Gasteiger partial charge in [0.1, 0.15) is 0 Å². The number of aliphatic imine (C=N–C) groups is 1. The van der Waals surface area contributed by atoms with Crippen molar-refractivity contribution in [1.29, 1.82) is 0 Å². The van der Waals surface area contributed by atoms with Crippen LogP contribution < -0.4 is 10.6 Å². The molecule has 0 aromatic heterocycles. The van der Waals surface area contributed by atoms with Crippen LogP contribution in [0.3, 0.4) is 0 Å². The summed E-state index contributed by atoms with van der Waals surface area (Å²) < 4.78 is 11.1. The van der Waals surface area contributed by atoms with Crippen LogP contribution in [0.2, 0.25) is 0 Å². The van der Waals surface area contributed by atoms with Crippen molar-refractivity contribution in [2.24, 2.45) is 10.9 Å². The number of likely N-dealkylation sites (N-methyl/N-ethyl adjacent to an activating group) is 1. The summed E-state index contributed by atoms with van der Waals surface area (Å²) in [6.07, 6.45) is 3.49. The normalized spacial score (nSPS) is 18.9. The standard InChI is InChI=1S/C19H40N4O2.HI/c1-6-23(7-2)17(13-16(3)4)14-22-19(20-5)21-10-8-11-25-18-9-12-24-15-18;/h16-18H,6-15H2,1-5H3,(H2,20,21,22);1H. The topological polar surface area (TPSA) is 58.1 Å². The molecule has 0 spiro atoms. The van der Waals surface area contributed by atoms with Crippen molar-refractivity contribution in [3.05, 3.63) is 0 Å². The molecule has 2 N–H and O–H groups in total. The second-order valence-electron chi connectivity index (χ2n) is 7.09. The molecule has 1 saturated heterocycles. The fourth-order valence-corrected chi connectivity index (χ4v) is 3.25. The zero-order valence-corrected chi connectivity index (χ0v) is 19.8. The summed E-state index contributed by atoms with van der Waals surface area (Å²) in [5.74, 6) is 1.57. The molecular weight excluding hydrogens is 443 g/mol. The Morgan fingerprint density at radius 3 is 2.54 bits per heavy atom. The van der Waals surface area contributed by atoms with Gasteiger partial charge in [0.2, 0.25) is 0 Å². The van der Waals surface area contributed by atoms with Gasteiger partial charge in [-0.2, -0.15) is 0 Å². The highest BCUT2D eigenvalue weighted by Gasteiger charge is 2.18. The third kappa shape index (κ3) is 10.9. The number of halogens is 1. The molecule has 0 radical (unpaired) electrons. The summed E-state index contributed by atoms with van der Waals surface area (Å²) in [7, 11) is 1.83. The van der Waals surface area contributed by atoms with Crippen molar-refractivity contribution in [1.82, 2.24) is 15.5 Å². The zero-order chi connectivity index (χ0) is 18.5. The Balaban J connectivity index is 0.00000625. The van der Waals surface area contributed by atoms with E-state index in [0.29, 0.717) is 18.1 Å². The molecule has 0 aliphatic carbocycles. The molecule has 1 aliphatic heterocycles. The molecule has 0 bridgehead atoms. The largest absolute Gasteiger partial charge is 0.379 e. The highest BCUT2D eigenvalue weighted by molar-refractivity contribution is 14.0. The van der Waals surface area contributed by atoms with E-state index in [2.05, 4.69) is 48.2 Å². The fraction of sp³-hybridized carbons (Fsp3) is 0.947. The maximum atomic E-state index is 5.79. The number of rotatable bonds is 12. The maximum absolute atomic E-state index is 5.79. The van der Waals surface area contributed by atoms with Crippen molar-refractivity contribution in [3.63, 3.8) is 0 Å². The third-order valence-corrected chi connectivity index (χ3v) is 4.66. The lowest BCUT2D eigenvalue weighted by Gasteiger charge is -2.31. The molecule has 0 amide bonds. The summed E-state index contributed by atoms with van der Waals surface area (Å²) in [4.78, 5) is 6.87. The SMILES string of the molecule is CCN(CC)C(CNC(=NC)NCCCOC1CCOC1)CC(C)C.I. The van der Waals surface area contributed by atoms with Gasteiger partial charge in [0.15, 0.2) is 5.96 Å². The second kappa shape index (κ2) is 15.9. The van der Waals surface area contributed by atoms with Crippen LogP contribution in [0.4, 0.5) is 0 Å². The van der Waals surface area contributed by atoms with E-state index < -0.39 is 0 Å². The van der Waals surface area contributed by atoms with Crippen LogP contribution in [0.25, 0.3) is 0 Å². The molecule has 2 unspecified atom stereocenters. The van der Waals surface area contributed by atoms with Crippen molar-refractivity contribution in [2.75, 3.05) is 53.0 Å². The molecule has 2 atom stereocenters. The average molecular weight is 484 g/mol. The Kier molecular flexibility index (Phi) is 15.8. The first kappa shape index (κ1) is 25.9. The first-order chi connectivity index (χ1) is 12.1. The first-order valence-electron chi connectivity index (χ1n) is 9.98. The number of hydrogen-bond acceptors (Lipinski definition) is 4. The Bertz CT molecular complexity index is 359. The molecule has 1 heterocycles. The van der Waals surface area contributed by atoms with Gasteiger partial charge in [-0.25, -0.2) is 0 Å². The molecule has 26 heavy (non-hydrogen) atoms. The quantitative estimate of drug-likeness (QED) is 0.193. The Labute approximate surface area is 177 Å².